The van der Waals surface area contributed by atoms with Gasteiger partial charge in [-0.2, -0.15) is 0 Å². The summed E-state index contributed by atoms with van der Waals surface area (Å²) in [5.74, 6) is 0.678. The molecule has 7 heteroatoms. The third-order valence-corrected chi connectivity index (χ3v) is 6.14. The molecule has 2 fully saturated rings. The number of carbonyl (C=O) groups is 2. The predicted octanol–water partition coefficient (Wildman–Crippen LogP) is 3.55. The molecule has 2 amide bonds. The third kappa shape index (κ3) is 4.69. The zero-order valence-corrected chi connectivity index (χ0v) is 16.6. The van der Waals surface area contributed by atoms with Gasteiger partial charge in [0.25, 0.3) is 11.6 Å². The fraction of sp³-hybridized carbons (Fsp3) is 0.619. The summed E-state index contributed by atoms with van der Waals surface area (Å²) in [6, 6.07) is 4.59. The number of nitrogens with zero attached hydrogens (tertiary/aromatic N) is 3. The van der Waals surface area contributed by atoms with Gasteiger partial charge in [0.15, 0.2) is 0 Å². The lowest BCUT2D eigenvalue weighted by atomic mass is 9.86. The largest absolute Gasteiger partial charge is 0.339 e. The van der Waals surface area contributed by atoms with E-state index in [0.29, 0.717) is 49.6 Å². The molecule has 1 heterocycles. The third-order valence-electron chi connectivity index (χ3n) is 6.14. The molecule has 0 aromatic heterocycles. The summed E-state index contributed by atoms with van der Waals surface area (Å²) in [6.45, 7) is 3.61. The monoisotopic (exact) mass is 387 g/mol. The highest BCUT2D eigenvalue weighted by Gasteiger charge is 2.27. The molecular weight excluding hydrogens is 358 g/mol. The first-order chi connectivity index (χ1) is 13.5. The van der Waals surface area contributed by atoms with Crippen LogP contribution in [0.5, 0.6) is 0 Å². The van der Waals surface area contributed by atoms with Crippen molar-refractivity contribution in [3.8, 4) is 0 Å². The molecule has 0 spiro atoms. The van der Waals surface area contributed by atoms with Gasteiger partial charge in [-0.15, -0.1) is 0 Å². The van der Waals surface area contributed by atoms with Crippen LogP contribution in [-0.4, -0.2) is 52.7 Å². The average molecular weight is 387 g/mol. The Morgan fingerprint density at radius 3 is 2.36 bits per heavy atom. The van der Waals surface area contributed by atoms with Crippen molar-refractivity contribution in [2.75, 3.05) is 26.2 Å². The van der Waals surface area contributed by atoms with E-state index in [2.05, 4.69) is 0 Å². The molecule has 1 aliphatic carbocycles. The van der Waals surface area contributed by atoms with Crippen molar-refractivity contribution >= 4 is 17.5 Å². The molecule has 0 unspecified atom stereocenters. The van der Waals surface area contributed by atoms with Gasteiger partial charge in [-0.3, -0.25) is 19.7 Å². The Labute approximate surface area is 165 Å². The molecule has 7 nitrogen and oxygen atoms in total. The van der Waals surface area contributed by atoms with Crippen LogP contribution in [-0.2, 0) is 4.79 Å². The van der Waals surface area contributed by atoms with Gasteiger partial charge in [-0.25, -0.2) is 0 Å². The van der Waals surface area contributed by atoms with Crippen molar-refractivity contribution in [2.45, 2.75) is 51.9 Å². The first-order valence-corrected chi connectivity index (χ1v) is 10.3. The second-order valence-corrected chi connectivity index (χ2v) is 7.92. The number of benzene rings is 1. The lowest BCUT2D eigenvalue weighted by Gasteiger charge is -2.35. The Hall–Kier alpha value is -2.44. The maximum atomic E-state index is 12.8. The van der Waals surface area contributed by atoms with Gasteiger partial charge in [0, 0.05) is 49.8 Å². The fourth-order valence-electron chi connectivity index (χ4n) is 4.34. The van der Waals surface area contributed by atoms with Crippen LogP contribution in [0.1, 0.15) is 60.9 Å². The Kier molecular flexibility index (Phi) is 6.65. The second-order valence-electron chi connectivity index (χ2n) is 7.92. The molecule has 0 N–H and O–H groups in total. The summed E-state index contributed by atoms with van der Waals surface area (Å²) in [7, 11) is 0. The van der Waals surface area contributed by atoms with Crippen molar-refractivity contribution in [3.05, 3.63) is 39.4 Å². The molecule has 3 rings (SSSR count). The smallest absolute Gasteiger partial charge is 0.273 e. The van der Waals surface area contributed by atoms with E-state index in [9.17, 15) is 19.7 Å². The molecule has 152 valence electrons. The van der Waals surface area contributed by atoms with E-state index in [-0.39, 0.29) is 17.5 Å². The van der Waals surface area contributed by atoms with Crippen molar-refractivity contribution in [1.29, 1.82) is 0 Å². The van der Waals surface area contributed by atoms with Crippen molar-refractivity contribution in [3.63, 3.8) is 0 Å². The van der Waals surface area contributed by atoms with E-state index in [1.54, 1.807) is 24.0 Å². The number of hydrogen-bond donors (Lipinski definition) is 0. The lowest BCUT2D eigenvalue weighted by molar-refractivity contribution is -0.385. The van der Waals surface area contributed by atoms with Crippen LogP contribution in [0.15, 0.2) is 18.2 Å². The van der Waals surface area contributed by atoms with Crippen LogP contribution in [0.2, 0.25) is 0 Å². The topological polar surface area (TPSA) is 83.8 Å². The molecule has 1 aromatic carbocycles. The van der Waals surface area contributed by atoms with Gasteiger partial charge in [0.1, 0.15) is 0 Å². The zero-order chi connectivity index (χ0) is 20.1. The van der Waals surface area contributed by atoms with E-state index >= 15 is 0 Å². The van der Waals surface area contributed by atoms with E-state index in [1.807, 2.05) is 4.90 Å². The minimum absolute atomic E-state index is 0.0395. The summed E-state index contributed by atoms with van der Waals surface area (Å²) in [5.41, 5.74) is 0.720. The highest BCUT2D eigenvalue weighted by atomic mass is 16.6. The molecule has 1 saturated carbocycles. The Morgan fingerprint density at radius 1 is 1.07 bits per heavy atom. The maximum Gasteiger partial charge on any atom is 0.273 e. The maximum absolute atomic E-state index is 12.8. The summed E-state index contributed by atoms with van der Waals surface area (Å²) in [5, 5.41) is 11.1. The Morgan fingerprint density at radius 2 is 1.71 bits per heavy atom. The number of amides is 2. The van der Waals surface area contributed by atoms with Gasteiger partial charge in [-0.05, 0) is 25.3 Å². The minimum Gasteiger partial charge on any atom is -0.339 e. The number of hydrogen-bond acceptors (Lipinski definition) is 4. The average Bonchev–Trinajstić information content (AvgIpc) is 2.72. The second kappa shape index (κ2) is 9.17. The fourth-order valence-corrected chi connectivity index (χ4v) is 4.34. The first-order valence-electron chi connectivity index (χ1n) is 10.3. The van der Waals surface area contributed by atoms with E-state index in [0.717, 1.165) is 6.42 Å². The van der Waals surface area contributed by atoms with Crippen molar-refractivity contribution in [2.24, 2.45) is 5.92 Å². The molecule has 28 heavy (non-hydrogen) atoms. The number of nitro groups is 1. The van der Waals surface area contributed by atoms with Gasteiger partial charge in [-0.1, -0.05) is 38.2 Å². The van der Waals surface area contributed by atoms with Crippen LogP contribution in [0.3, 0.4) is 0 Å². The number of nitro benzene ring substituents is 1. The van der Waals surface area contributed by atoms with Gasteiger partial charge in [0.05, 0.1) is 4.92 Å². The quantitative estimate of drug-likeness (QED) is 0.571. The number of piperazine rings is 1. The van der Waals surface area contributed by atoms with E-state index in [4.69, 9.17) is 0 Å². The highest BCUT2D eigenvalue weighted by molar-refractivity contribution is 5.96. The normalized spacial score (nSPS) is 18.2. The molecule has 2 aliphatic rings. The van der Waals surface area contributed by atoms with Crippen LogP contribution >= 0.6 is 0 Å². The lowest BCUT2D eigenvalue weighted by Crippen LogP contribution is -2.50. The van der Waals surface area contributed by atoms with Crippen LogP contribution < -0.4 is 0 Å². The van der Waals surface area contributed by atoms with Crippen LogP contribution in [0.4, 0.5) is 5.69 Å². The van der Waals surface area contributed by atoms with Gasteiger partial charge < -0.3 is 9.80 Å². The van der Waals surface area contributed by atoms with Crippen LogP contribution in [0.25, 0.3) is 0 Å². The standard InChI is InChI=1S/C21H29N3O4/c1-16-18(8-5-9-19(16)24(27)28)21(26)23-14-12-22(13-15-23)20(25)11-10-17-6-3-2-4-7-17/h5,8-9,17H,2-4,6-7,10-15H2,1H3. The van der Waals surface area contributed by atoms with Crippen LogP contribution in [0, 0.1) is 23.0 Å². The van der Waals surface area contributed by atoms with E-state index in [1.165, 1.54) is 38.2 Å². The molecule has 0 atom stereocenters. The minimum atomic E-state index is -0.463. The summed E-state index contributed by atoms with van der Waals surface area (Å²) < 4.78 is 0. The van der Waals surface area contributed by atoms with Gasteiger partial charge >= 0.3 is 0 Å². The first kappa shape index (κ1) is 20.3. The summed E-state index contributed by atoms with van der Waals surface area (Å²) in [6.07, 6.45) is 7.97. The summed E-state index contributed by atoms with van der Waals surface area (Å²) in [4.78, 5) is 39.5. The van der Waals surface area contributed by atoms with Crippen molar-refractivity contribution in [1.82, 2.24) is 9.80 Å². The molecule has 1 saturated heterocycles. The van der Waals surface area contributed by atoms with Crippen molar-refractivity contribution < 1.29 is 14.5 Å². The van der Waals surface area contributed by atoms with E-state index < -0.39 is 4.92 Å². The zero-order valence-electron chi connectivity index (χ0n) is 16.6. The molecule has 1 aromatic rings. The molecule has 0 radical (unpaired) electrons. The van der Waals surface area contributed by atoms with Gasteiger partial charge in [0.2, 0.25) is 5.91 Å². The highest BCUT2D eigenvalue weighted by Crippen LogP contribution is 2.28. The SMILES string of the molecule is Cc1c(C(=O)N2CCN(C(=O)CCC3CCCCC3)CC2)cccc1[N+](=O)[O-]. The number of rotatable bonds is 5. The Balaban J connectivity index is 1.52. The Bertz CT molecular complexity index is 735. The predicted molar refractivity (Wildman–Crippen MR) is 106 cm³/mol. The number of carbonyl (C=O) groups excluding carboxylic acids is 2. The molecule has 0 bridgehead atoms. The molecular formula is C21H29N3O4. The summed E-state index contributed by atoms with van der Waals surface area (Å²) >= 11 is 0. The molecule has 1 aliphatic heterocycles.